The number of halogens is 2. The van der Waals surface area contributed by atoms with E-state index in [1.807, 2.05) is 0 Å². The van der Waals surface area contributed by atoms with E-state index in [1.165, 1.54) is 0 Å². The highest BCUT2D eigenvalue weighted by Crippen LogP contribution is 2.72. The lowest BCUT2D eigenvalue weighted by Gasteiger charge is -2.32. The third-order valence-corrected chi connectivity index (χ3v) is 2.83. The van der Waals surface area contributed by atoms with Crippen LogP contribution in [-0.2, 0) is 4.79 Å². The lowest BCUT2D eigenvalue weighted by molar-refractivity contribution is -0.149. The Hall–Kier alpha value is -0.670. The fourth-order valence-corrected chi connectivity index (χ4v) is 1.88. The molecule has 1 spiro atoms. The molecule has 0 aromatic heterocycles. The summed E-state index contributed by atoms with van der Waals surface area (Å²) < 4.78 is 25.0. The summed E-state index contributed by atoms with van der Waals surface area (Å²) in [6.45, 7) is 0. The van der Waals surface area contributed by atoms with Crippen molar-refractivity contribution in [2.75, 3.05) is 0 Å². The molecule has 2 rings (SSSR count). The largest absolute Gasteiger partial charge is 0.481 e. The van der Waals surface area contributed by atoms with Crippen molar-refractivity contribution >= 4 is 5.97 Å². The van der Waals surface area contributed by atoms with Gasteiger partial charge in [0.2, 0.25) is 0 Å². The van der Waals surface area contributed by atoms with Gasteiger partial charge in [0, 0.05) is 11.8 Å². The highest BCUT2D eigenvalue weighted by atomic mass is 19.3. The van der Waals surface area contributed by atoms with Crippen molar-refractivity contribution < 1.29 is 18.7 Å². The predicted octanol–water partition coefficient (Wildman–Crippen LogP) is 1.51. The van der Waals surface area contributed by atoms with Crippen LogP contribution in [0.3, 0.4) is 0 Å². The van der Waals surface area contributed by atoms with Crippen LogP contribution in [0, 0.1) is 11.3 Å². The van der Waals surface area contributed by atoms with Crippen molar-refractivity contribution in [2.45, 2.75) is 25.2 Å². The van der Waals surface area contributed by atoms with E-state index in [4.69, 9.17) is 5.11 Å². The summed E-state index contributed by atoms with van der Waals surface area (Å²) in [6.07, 6.45) is 0.258. The molecule has 2 nitrogen and oxygen atoms in total. The molecule has 4 heteroatoms. The second-order valence-corrected chi connectivity index (χ2v) is 3.60. The van der Waals surface area contributed by atoms with E-state index < -0.39 is 23.2 Å². The van der Waals surface area contributed by atoms with Crippen molar-refractivity contribution in [3.8, 4) is 0 Å². The minimum Gasteiger partial charge on any atom is -0.481 e. The van der Waals surface area contributed by atoms with Crippen LogP contribution in [0.15, 0.2) is 0 Å². The van der Waals surface area contributed by atoms with E-state index >= 15 is 0 Å². The van der Waals surface area contributed by atoms with Gasteiger partial charge >= 0.3 is 5.97 Å². The van der Waals surface area contributed by atoms with E-state index in [0.717, 1.165) is 0 Å². The van der Waals surface area contributed by atoms with Crippen LogP contribution in [0.1, 0.15) is 19.3 Å². The Morgan fingerprint density at radius 1 is 1.45 bits per heavy atom. The topological polar surface area (TPSA) is 37.3 Å². The molecule has 2 aliphatic carbocycles. The van der Waals surface area contributed by atoms with Crippen LogP contribution in [-0.4, -0.2) is 17.0 Å². The number of alkyl halides is 2. The number of aliphatic carboxylic acids is 1. The van der Waals surface area contributed by atoms with Crippen LogP contribution in [0.2, 0.25) is 0 Å². The first kappa shape index (κ1) is 7.00. The Morgan fingerprint density at radius 2 is 1.91 bits per heavy atom. The van der Waals surface area contributed by atoms with Crippen molar-refractivity contribution in [3.63, 3.8) is 0 Å². The van der Waals surface area contributed by atoms with Gasteiger partial charge in [-0.1, -0.05) is 0 Å². The van der Waals surface area contributed by atoms with Crippen LogP contribution >= 0.6 is 0 Å². The molecule has 62 valence electrons. The third-order valence-electron chi connectivity index (χ3n) is 2.83. The van der Waals surface area contributed by atoms with Gasteiger partial charge in [-0.25, -0.2) is 8.78 Å². The summed E-state index contributed by atoms with van der Waals surface area (Å²) in [6, 6.07) is 0. The zero-order valence-electron chi connectivity index (χ0n) is 5.81. The van der Waals surface area contributed by atoms with Crippen LogP contribution in [0.4, 0.5) is 8.78 Å². The highest BCUT2D eigenvalue weighted by molar-refractivity contribution is 5.72. The standard InChI is InChI=1S/C7H8F2O2/c8-7(9)3-6(7)1-4(2-6)5(10)11/h4H,1-3H2,(H,10,11)/t4-,6-. The molecule has 0 saturated heterocycles. The number of rotatable bonds is 1. The van der Waals surface area contributed by atoms with Gasteiger partial charge in [-0.3, -0.25) is 4.79 Å². The van der Waals surface area contributed by atoms with Gasteiger partial charge in [-0.2, -0.15) is 0 Å². The number of hydrogen-bond acceptors (Lipinski definition) is 1. The van der Waals surface area contributed by atoms with Crippen molar-refractivity contribution in [2.24, 2.45) is 11.3 Å². The lowest BCUT2D eigenvalue weighted by Crippen LogP contribution is -2.35. The molecule has 0 radical (unpaired) electrons. The normalized spacial score (nSPS) is 45.1. The maximum absolute atomic E-state index is 12.5. The number of carboxylic acids is 1. The smallest absolute Gasteiger partial charge is 0.306 e. The molecule has 1 N–H and O–H groups in total. The zero-order chi connectivity index (χ0) is 8.28. The van der Waals surface area contributed by atoms with E-state index in [2.05, 4.69) is 0 Å². The van der Waals surface area contributed by atoms with Crippen molar-refractivity contribution in [1.29, 1.82) is 0 Å². The molecule has 0 atom stereocenters. The molecule has 0 bridgehead atoms. The number of carbonyl (C=O) groups is 1. The first-order valence-corrected chi connectivity index (χ1v) is 3.58. The zero-order valence-corrected chi connectivity index (χ0v) is 5.81. The summed E-state index contributed by atoms with van der Waals surface area (Å²) in [4.78, 5) is 10.3. The molecule has 0 amide bonds. The maximum atomic E-state index is 12.5. The van der Waals surface area contributed by atoms with Crippen LogP contribution in [0.5, 0.6) is 0 Å². The van der Waals surface area contributed by atoms with Crippen LogP contribution in [0.25, 0.3) is 0 Å². The molecular weight excluding hydrogens is 154 g/mol. The number of carboxylic acid groups (broad SMARTS) is 1. The van der Waals surface area contributed by atoms with Gasteiger partial charge in [-0.15, -0.1) is 0 Å². The molecule has 2 aliphatic rings. The monoisotopic (exact) mass is 162 g/mol. The van der Waals surface area contributed by atoms with Gasteiger partial charge in [0.1, 0.15) is 0 Å². The summed E-state index contributed by atoms with van der Waals surface area (Å²) in [5.41, 5.74) is -0.893. The quantitative estimate of drug-likeness (QED) is 0.634. The Kier molecular flexibility index (Phi) is 0.997. The predicted molar refractivity (Wildman–Crippen MR) is 32.4 cm³/mol. The van der Waals surface area contributed by atoms with E-state index in [1.54, 1.807) is 0 Å². The number of hydrogen-bond donors (Lipinski definition) is 1. The van der Waals surface area contributed by atoms with Gasteiger partial charge in [0.25, 0.3) is 5.92 Å². The average Bonchev–Trinajstić information content (AvgIpc) is 2.29. The molecule has 0 unspecified atom stereocenters. The van der Waals surface area contributed by atoms with Gasteiger partial charge < -0.3 is 5.11 Å². The molecule has 11 heavy (non-hydrogen) atoms. The fourth-order valence-electron chi connectivity index (χ4n) is 1.88. The summed E-state index contributed by atoms with van der Waals surface area (Å²) in [7, 11) is 0. The molecular formula is C7H8F2O2. The second-order valence-electron chi connectivity index (χ2n) is 3.60. The maximum Gasteiger partial charge on any atom is 0.306 e. The highest BCUT2D eigenvalue weighted by Gasteiger charge is 2.76. The molecule has 2 saturated carbocycles. The Bertz CT molecular complexity index is 218. The Morgan fingerprint density at radius 3 is 2.18 bits per heavy atom. The minimum absolute atomic E-state index is 0.0935. The fraction of sp³-hybridized carbons (Fsp3) is 0.857. The molecule has 2 fully saturated rings. The summed E-state index contributed by atoms with van der Waals surface area (Å²) >= 11 is 0. The Balaban J connectivity index is 1.95. The van der Waals surface area contributed by atoms with Gasteiger partial charge in [0.05, 0.1) is 5.92 Å². The Labute approximate surface area is 62.2 Å². The second kappa shape index (κ2) is 1.57. The first-order valence-electron chi connectivity index (χ1n) is 3.58. The summed E-state index contributed by atoms with van der Waals surface area (Å²) in [5.74, 6) is -4.00. The van der Waals surface area contributed by atoms with Gasteiger partial charge in [0.15, 0.2) is 0 Å². The summed E-state index contributed by atoms with van der Waals surface area (Å²) in [5, 5.41) is 8.42. The third kappa shape index (κ3) is 0.723. The lowest BCUT2D eigenvalue weighted by atomic mass is 9.71. The van der Waals surface area contributed by atoms with E-state index in [0.29, 0.717) is 0 Å². The molecule has 0 aliphatic heterocycles. The van der Waals surface area contributed by atoms with Crippen LogP contribution < -0.4 is 0 Å². The molecule has 0 aromatic carbocycles. The van der Waals surface area contributed by atoms with Crippen molar-refractivity contribution in [3.05, 3.63) is 0 Å². The average molecular weight is 162 g/mol. The molecule has 0 heterocycles. The van der Waals surface area contributed by atoms with Crippen molar-refractivity contribution in [1.82, 2.24) is 0 Å². The molecule has 0 aromatic rings. The first-order chi connectivity index (χ1) is 4.97. The van der Waals surface area contributed by atoms with E-state index in [-0.39, 0.29) is 19.3 Å². The SMILES string of the molecule is O=C(O)[C@H]1C[C@@]2(CC2(F)F)C1. The van der Waals surface area contributed by atoms with E-state index in [9.17, 15) is 13.6 Å². The minimum atomic E-state index is -2.56. The van der Waals surface area contributed by atoms with Gasteiger partial charge in [-0.05, 0) is 12.8 Å².